The molecule has 0 radical (unpaired) electrons. The number of halogens is 2. The summed E-state index contributed by atoms with van der Waals surface area (Å²) < 4.78 is 5.22. The highest BCUT2D eigenvalue weighted by molar-refractivity contribution is 6.32. The molecular formula is C18H15Cl2N3O3. The van der Waals surface area contributed by atoms with Crippen molar-refractivity contribution in [3.05, 3.63) is 58.3 Å². The van der Waals surface area contributed by atoms with Crippen molar-refractivity contribution in [2.75, 3.05) is 11.6 Å². The van der Waals surface area contributed by atoms with Crippen molar-refractivity contribution in [1.82, 2.24) is 4.98 Å². The maximum Gasteiger partial charge on any atom is 0.341 e. The van der Waals surface area contributed by atoms with Crippen molar-refractivity contribution in [2.24, 2.45) is 11.0 Å². The van der Waals surface area contributed by atoms with Crippen LogP contribution in [0.15, 0.2) is 47.7 Å². The number of amides is 1. The molecule has 1 aromatic carbocycles. The first-order valence-electron chi connectivity index (χ1n) is 7.89. The van der Waals surface area contributed by atoms with E-state index < -0.39 is 11.9 Å². The van der Waals surface area contributed by atoms with E-state index in [0.29, 0.717) is 22.8 Å². The third kappa shape index (κ3) is 3.86. The summed E-state index contributed by atoms with van der Waals surface area (Å²) in [6, 6.07) is 9.98. The van der Waals surface area contributed by atoms with Crippen LogP contribution < -0.4 is 5.01 Å². The molecule has 0 saturated carbocycles. The largest absolute Gasteiger partial charge is 0.462 e. The average molecular weight is 392 g/mol. The van der Waals surface area contributed by atoms with Gasteiger partial charge in [-0.2, -0.15) is 5.10 Å². The van der Waals surface area contributed by atoms with E-state index in [0.717, 1.165) is 0 Å². The van der Waals surface area contributed by atoms with Gasteiger partial charge in [0.2, 0.25) is 0 Å². The topological polar surface area (TPSA) is 71.9 Å². The van der Waals surface area contributed by atoms with Gasteiger partial charge in [0, 0.05) is 16.9 Å². The summed E-state index contributed by atoms with van der Waals surface area (Å²) in [6.07, 6.45) is 1.82. The highest BCUT2D eigenvalue weighted by Gasteiger charge is 2.34. The number of ether oxygens (including phenoxy) is 1. The van der Waals surface area contributed by atoms with Gasteiger partial charge in [-0.3, -0.25) is 4.79 Å². The zero-order valence-electron chi connectivity index (χ0n) is 13.9. The van der Waals surface area contributed by atoms with Gasteiger partial charge >= 0.3 is 5.97 Å². The number of hydrogen-bond acceptors (Lipinski definition) is 5. The molecule has 2 aromatic rings. The lowest BCUT2D eigenvalue weighted by Gasteiger charge is -2.14. The minimum atomic E-state index is -0.572. The highest BCUT2D eigenvalue weighted by atomic mass is 35.5. The standard InChI is InChI=1S/C18H15Cl2N3O3/c1-11-14(8-10-26-18(25)15-3-2-9-21-16(15)20)17(24)23(22-11)13-6-4-12(19)5-7-13/h2-7,9,14H,8,10H2,1H3/t14-/m1/s1. The Balaban J connectivity index is 1.60. The van der Waals surface area contributed by atoms with Gasteiger partial charge in [-0.05, 0) is 49.7 Å². The molecule has 0 saturated heterocycles. The molecule has 2 heterocycles. The van der Waals surface area contributed by atoms with Crippen LogP contribution in [0.5, 0.6) is 0 Å². The maximum absolute atomic E-state index is 12.6. The minimum Gasteiger partial charge on any atom is -0.462 e. The summed E-state index contributed by atoms with van der Waals surface area (Å²) in [7, 11) is 0. The number of nitrogens with zero attached hydrogens (tertiary/aromatic N) is 3. The minimum absolute atomic E-state index is 0.0712. The third-order valence-corrected chi connectivity index (χ3v) is 4.51. The molecular weight excluding hydrogens is 377 g/mol. The van der Waals surface area contributed by atoms with E-state index in [9.17, 15) is 9.59 Å². The lowest BCUT2D eigenvalue weighted by atomic mass is 10.0. The van der Waals surface area contributed by atoms with Gasteiger partial charge in [0.25, 0.3) is 5.91 Å². The van der Waals surface area contributed by atoms with Crippen molar-refractivity contribution in [3.63, 3.8) is 0 Å². The van der Waals surface area contributed by atoms with Crippen LogP contribution in [0.1, 0.15) is 23.7 Å². The lowest BCUT2D eigenvalue weighted by molar-refractivity contribution is -0.120. The molecule has 3 rings (SSSR count). The van der Waals surface area contributed by atoms with Gasteiger partial charge in [0.15, 0.2) is 0 Å². The van der Waals surface area contributed by atoms with Gasteiger partial charge in [0.1, 0.15) is 5.15 Å². The Kier molecular flexibility index (Phi) is 5.54. The molecule has 0 N–H and O–H groups in total. The number of carbonyl (C=O) groups is 2. The summed E-state index contributed by atoms with van der Waals surface area (Å²) in [5.74, 6) is -1.18. The molecule has 26 heavy (non-hydrogen) atoms. The number of anilines is 1. The predicted octanol–water partition coefficient (Wildman–Crippen LogP) is 3.97. The molecule has 1 aliphatic heterocycles. The van der Waals surface area contributed by atoms with E-state index in [4.69, 9.17) is 27.9 Å². The first-order chi connectivity index (χ1) is 12.5. The van der Waals surface area contributed by atoms with Gasteiger partial charge in [-0.25, -0.2) is 14.8 Å². The van der Waals surface area contributed by atoms with E-state index >= 15 is 0 Å². The lowest BCUT2D eigenvalue weighted by Crippen LogP contribution is -2.28. The molecule has 0 fully saturated rings. The van der Waals surface area contributed by atoms with Crippen LogP contribution in [0.4, 0.5) is 5.69 Å². The molecule has 1 amide bonds. The van der Waals surface area contributed by atoms with E-state index in [1.165, 1.54) is 17.3 Å². The zero-order valence-corrected chi connectivity index (χ0v) is 15.4. The first-order valence-corrected chi connectivity index (χ1v) is 8.65. The van der Waals surface area contributed by atoms with Crippen LogP contribution in [0.25, 0.3) is 0 Å². The van der Waals surface area contributed by atoms with E-state index in [1.54, 1.807) is 37.3 Å². The fourth-order valence-corrected chi connectivity index (χ4v) is 2.91. The summed E-state index contributed by atoms with van der Waals surface area (Å²) in [6.45, 7) is 1.85. The van der Waals surface area contributed by atoms with Crippen LogP contribution in [0.3, 0.4) is 0 Å². The number of benzene rings is 1. The monoisotopic (exact) mass is 391 g/mol. The van der Waals surface area contributed by atoms with Crippen molar-refractivity contribution in [1.29, 1.82) is 0 Å². The van der Waals surface area contributed by atoms with Gasteiger partial charge in [-0.15, -0.1) is 0 Å². The van der Waals surface area contributed by atoms with Gasteiger partial charge in [0.05, 0.1) is 23.8 Å². The van der Waals surface area contributed by atoms with Crippen molar-refractivity contribution in [2.45, 2.75) is 13.3 Å². The Morgan fingerprint density at radius 1 is 1.23 bits per heavy atom. The first kappa shape index (κ1) is 18.4. The normalized spacial score (nSPS) is 16.6. The summed E-state index contributed by atoms with van der Waals surface area (Å²) in [4.78, 5) is 28.5. The average Bonchev–Trinajstić information content (AvgIpc) is 2.91. The highest BCUT2D eigenvalue weighted by Crippen LogP contribution is 2.27. The van der Waals surface area contributed by atoms with Crippen LogP contribution in [-0.2, 0) is 9.53 Å². The Morgan fingerprint density at radius 2 is 1.96 bits per heavy atom. The number of hydrogen-bond donors (Lipinski definition) is 0. The fraction of sp³-hybridized carbons (Fsp3) is 0.222. The Bertz CT molecular complexity index is 868. The smallest absolute Gasteiger partial charge is 0.341 e. The number of pyridine rings is 1. The second-order valence-corrected chi connectivity index (χ2v) is 6.48. The quantitative estimate of drug-likeness (QED) is 0.570. The second kappa shape index (κ2) is 7.85. The van der Waals surface area contributed by atoms with Crippen LogP contribution in [-0.4, -0.2) is 29.2 Å². The van der Waals surface area contributed by atoms with E-state index in [-0.39, 0.29) is 23.2 Å². The summed E-state index contributed by atoms with van der Waals surface area (Å²) in [5, 5.41) is 6.32. The molecule has 1 aromatic heterocycles. The third-order valence-electron chi connectivity index (χ3n) is 3.96. The van der Waals surface area contributed by atoms with Crippen LogP contribution >= 0.6 is 23.2 Å². The molecule has 6 nitrogen and oxygen atoms in total. The molecule has 0 bridgehead atoms. The van der Waals surface area contributed by atoms with Crippen molar-refractivity contribution < 1.29 is 14.3 Å². The summed E-state index contributed by atoms with van der Waals surface area (Å²) >= 11 is 11.7. The maximum atomic E-state index is 12.6. The molecule has 0 unspecified atom stereocenters. The zero-order chi connectivity index (χ0) is 18.7. The Labute approximate surface area is 160 Å². The number of esters is 1. The Hall–Kier alpha value is -2.44. The van der Waals surface area contributed by atoms with Crippen molar-refractivity contribution >= 4 is 46.5 Å². The SMILES string of the molecule is CC1=NN(c2ccc(Cl)cc2)C(=O)[C@@H]1CCOC(=O)c1cccnc1Cl. The number of carbonyl (C=O) groups excluding carboxylic acids is 2. The summed E-state index contributed by atoms with van der Waals surface area (Å²) in [5.41, 5.74) is 1.50. The predicted molar refractivity (Wildman–Crippen MR) is 99.7 cm³/mol. The molecule has 8 heteroatoms. The van der Waals surface area contributed by atoms with E-state index in [2.05, 4.69) is 10.1 Å². The van der Waals surface area contributed by atoms with Gasteiger partial charge < -0.3 is 4.74 Å². The van der Waals surface area contributed by atoms with E-state index in [1.807, 2.05) is 0 Å². The molecule has 0 aliphatic carbocycles. The van der Waals surface area contributed by atoms with Gasteiger partial charge in [-0.1, -0.05) is 23.2 Å². The number of hydrazone groups is 1. The van der Waals surface area contributed by atoms with Crippen molar-refractivity contribution in [3.8, 4) is 0 Å². The fourth-order valence-electron chi connectivity index (χ4n) is 2.59. The molecule has 1 aliphatic rings. The molecule has 0 spiro atoms. The van der Waals surface area contributed by atoms with Crippen LogP contribution in [0, 0.1) is 5.92 Å². The second-order valence-electron chi connectivity index (χ2n) is 5.69. The molecule has 1 atom stereocenters. The Morgan fingerprint density at radius 3 is 2.65 bits per heavy atom. The molecule has 134 valence electrons. The van der Waals surface area contributed by atoms with Crippen LogP contribution in [0.2, 0.25) is 10.2 Å². The number of aromatic nitrogens is 1. The number of rotatable bonds is 5.